The van der Waals surface area contributed by atoms with Crippen LogP contribution in [0.5, 0.6) is 5.75 Å². The molecule has 2 aromatic heterocycles. The SMILES string of the molecule is Cc1cc(=O)oc2cc(OC(=O)CCn3cnc([N+](=O)[O-])c3)ccc12. The first-order chi connectivity index (χ1) is 11.9. The molecule has 2 heterocycles. The third-order valence-corrected chi connectivity index (χ3v) is 3.54. The molecule has 3 aromatic rings. The zero-order chi connectivity index (χ0) is 18.0. The molecule has 0 saturated heterocycles. The van der Waals surface area contributed by atoms with Crippen molar-refractivity contribution in [2.75, 3.05) is 0 Å². The van der Waals surface area contributed by atoms with E-state index in [0.29, 0.717) is 5.58 Å². The lowest BCUT2D eigenvalue weighted by atomic mass is 10.1. The number of fused-ring (bicyclic) bond motifs is 1. The minimum atomic E-state index is -0.611. The van der Waals surface area contributed by atoms with Crippen LogP contribution in [0.15, 0.2) is 46.0 Å². The zero-order valence-corrected chi connectivity index (χ0v) is 13.2. The summed E-state index contributed by atoms with van der Waals surface area (Å²) >= 11 is 0. The van der Waals surface area contributed by atoms with E-state index in [9.17, 15) is 19.7 Å². The summed E-state index contributed by atoms with van der Waals surface area (Å²) in [5, 5.41) is 11.3. The molecular formula is C16H13N3O6. The summed E-state index contributed by atoms with van der Waals surface area (Å²) in [6.07, 6.45) is 2.52. The first-order valence-electron chi connectivity index (χ1n) is 7.34. The maximum Gasteiger partial charge on any atom is 0.381 e. The zero-order valence-electron chi connectivity index (χ0n) is 13.2. The highest BCUT2D eigenvalue weighted by molar-refractivity contribution is 5.82. The Morgan fingerprint density at radius 1 is 1.40 bits per heavy atom. The van der Waals surface area contributed by atoms with Gasteiger partial charge in [0.05, 0.1) is 6.42 Å². The molecule has 0 unspecified atom stereocenters. The van der Waals surface area contributed by atoms with E-state index in [1.807, 2.05) is 0 Å². The van der Waals surface area contributed by atoms with Gasteiger partial charge in [-0.25, -0.2) is 4.79 Å². The second-order valence-electron chi connectivity index (χ2n) is 5.36. The predicted molar refractivity (Wildman–Crippen MR) is 86.4 cm³/mol. The van der Waals surface area contributed by atoms with Gasteiger partial charge >= 0.3 is 17.4 Å². The van der Waals surface area contributed by atoms with Crippen LogP contribution in [-0.4, -0.2) is 20.4 Å². The Balaban J connectivity index is 1.67. The molecule has 0 bridgehead atoms. The summed E-state index contributed by atoms with van der Waals surface area (Å²) in [7, 11) is 0. The molecule has 25 heavy (non-hydrogen) atoms. The Hall–Kier alpha value is -3.49. The number of aromatic nitrogens is 2. The number of aryl methyl sites for hydroxylation is 2. The van der Waals surface area contributed by atoms with Gasteiger partial charge in [0.25, 0.3) is 0 Å². The highest BCUT2D eigenvalue weighted by Gasteiger charge is 2.12. The van der Waals surface area contributed by atoms with Gasteiger partial charge in [0, 0.05) is 24.1 Å². The van der Waals surface area contributed by atoms with Crippen LogP contribution in [0.3, 0.4) is 0 Å². The number of rotatable bonds is 5. The normalized spacial score (nSPS) is 10.8. The Morgan fingerprint density at radius 2 is 2.20 bits per heavy atom. The number of carbonyl (C=O) groups is 1. The molecular weight excluding hydrogens is 330 g/mol. The van der Waals surface area contributed by atoms with Gasteiger partial charge in [-0.05, 0) is 34.5 Å². The van der Waals surface area contributed by atoms with Crippen molar-refractivity contribution >= 4 is 22.8 Å². The van der Waals surface area contributed by atoms with E-state index in [1.54, 1.807) is 19.1 Å². The van der Waals surface area contributed by atoms with E-state index in [2.05, 4.69) is 4.98 Å². The molecule has 0 aliphatic heterocycles. The van der Waals surface area contributed by atoms with Crippen LogP contribution in [-0.2, 0) is 11.3 Å². The number of hydrogen-bond donors (Lipinski definition) is 0. The lowest BCUT2D eigenvalue weighted by Crippen LogP contribution is -2.11. The molecule has 0 atom stereocenters. The summed E-state index contributed by atoms with van der Waals surface area (Å²) in [6.45, 7) is 1.98. The third-order valence-electron chi connectivity index (χ3n) is 3.54. The predicted octanol–water partition coefficient (Wildman–Crippen LogP) is 2.20. The Kier molecular flexibility index (Phi) is 4.29. The smallest absolute Gasteiger partial charge is 0.381 e. The number of benzene rings is 1. The summed E-state index contributed by atoms with van der Waals surface area (Å²) < 4.78 is 11.7. The van der Waals surface area contributed by atoms with E-state index >= 15 is 0 Å². The van der Waals surface area contributed by atoms with Crippen LogP contribution in [0.4, 0.5) is 5.82 Å². The molecule has 0 aliphatic rings. The fraction of sp³-hybridized carbons (Fsp3) is 0.188. The number of ether oxygens (including phenoxy) is 1. The number of carbonyl (C=O) groups excluding carboxylic acids is 1. The van der Waals surface area contributed by atoms with Crippen LogP contribution in [0.25, 0.3) is 11.0 Å². The molecule has 0 amide bonds. The fourth-order valence-electron chi connectivity index (χ4n) is 2.34. The van der Waals surface area contributed by atoms with Crippen LogP contribution < -0.4 is 10.4 Å². The van der Waals surface area contributed by atoms with Crippen LogP contribution in [0.2, 0.25) is 0 Å². The number of hydrogen-bond acceptors (Lipinski definition) is 7. The third kappa shape index (κ3) is 3.71. The van der Waals surface area contributed by atoms with E-state index < -0.39 is 16.5 Å². The average Bonchev–Trinajstić information content (AvgIpc) is 3.01. The van der Waals surface area contributed by atoms with Crippen LogP contribution in [0, 0.1) is 17.0 Å². The van der Waals surface area contributed by atoms with Gasteiger partial charge in [-0.2, -0.15) is 0 Å². The van der Waals surface area contributed by atoms with Crippen molar-refractivity contribution in [1.29, 1.82) is 0 Å². The maximum absolute atomic E-state index is 11.9. The fourth-order valence-corrected chi connectivity index (χ4v) is 2.34. The lowest BCUT2D eigenvalue weighted by Gasteiger charge is -2.06. The molecule has 9 nitrogen and oxygen atoms in total. The summed E-state index contributed by atoms with van der Waals surface area (Å²) in [6, 6.07) is 6.17. The van der Waals surface area contributed by atoms with Gasteiger partial charge in [-0.3, -0.25) is 4.79 Å². The van der Waals surface area contributed by atoms with Gasteiger partial charge in [0.2, 0.25) is 6.33 Å². The Bertz CT molecular complexity index is 1020. The number of nitrogens with zero attached hydrogens (tertiary/aromatic N) is 3. The van der Waals surface area contributed by atoms with Crippen molar-refractivity contribution in [1.82, 2.24) is 9.55 Å². The van der Waals surface area contributed by atoms with Crippen molar-refractivity contribution in [3.8, 4) is 5.75 Å². The van der Waals surface area contributed by atoms with Gasteiger partial charge in [0.1, 0.15) is 17.5 Å². The highest BCUT2D eigenvalue weighted by atomic mass is 16.6. The molecule has 128 valence electrons. The highest BCUT2D eigenvalue weighted by Crippen LogP contribution is 2.22. The molecule has 0 saturated carbocycles. The topological polar surface area (TPSA) is 117 Å². The monoisotopic (exact) mass is 343 g/mol. The van der Waals surface area contributed by atoms with E-state index in [1.165, 1.54) is 29.2 Å². The molecule has 0 radical (unpaired) electrons. The molecule has 9 heteroatoms. The van der Waals surface area contributed by atoms with Gasteiger partial charge in [-0.15, -0.1) is 0 Å². The van der Waals surface area contributed by atoms with Gasteiger partial charge < -0.3 is 23.8 Å². The summed E-state index contributed by atoms with van der Waals surface area (Å²) in [5.41, 5.74) is 0.626. The first kappa shape index (κ1) is 16.4. The van der Waals surface area contributed by atoms with Crippen LogP contribution >= 0.6 is 0 Å². The number of imidazole rings is 1. The standard InChI is InChI=1S/C16H13N3O6/c1-10-6-16(21)25-13-7-11(2-3-12(10)13)24-15(20)4-5-18-8-14(17-9-18)19(22)23/h2-3,6-9H,4-5H2,1H3. The molecule has 0 N–H and O–H groups in total. The minimum Gasteiger partial charge on any atom is -0.426 e. The Labute approximate surface area is 140 Å². The molecule has 1 aromatic carbocycles. The minimum absolute atomic E-state index is 0.00329. The maximum atomic E-state index is 11.9. The quantitative estimate of drug-likeness (QED) is 0.229. The molecule has 0 spiro atoms. The molecule has 3 rings (SSSR count). The van der Waals surface area contributed by atoms with Crippen molar-refractivity contribution in [3.63, 3.8) is 0 Å². The van der Waals surface area contributed by atoms with Crippen molar-refractivity contribution in [2.45, 2.75) is 19.9 Å². The first-order valence-corrected chi connectivity index (χ1v) is 7.34. The van der Waals surface area contributed by atoms with Gasteiger partial charge in [0.15, 0.2) is 0 Å². The number of nitro groups is 1. The van der Waals surface area contributed by atoms with Crippen molar-refractivity contribution in [3.05, 3.63) is 62.9 Å². The van der Waals surface area contributed by atoms with E-state index in [4.69, 9.17) is 9.15 Å². The van der Waals surface area contributed by atoms with E-state index in [-0.39, 0.29) is 24.5 Å². The summed E-state index contributed by atoms with van der Waals surface area (Å²) in [5.74, 6) is -0.554. The molecule has 0 fully saturated rings. The second-order valence-corrected chi connectivity index (χ2v) is 5.36. The van der Waals surface area contributed by atoms with Crippen LogP contribution in [0.1, 0.15) is 12.0 Å². The van der Waals surface area contributed by atoms with Crippen molar-refractivity contribution < 1.29 is 18.9 Å². The van der Waals surface area contributed by atoms with Crippen molar-refractivity contribution in [2.24, 2.45) is 0 Å². The largest absolute Gasteiger partial charge is 0.426 e. The average molecular weight is 343 g/mol. The van der Waals surface area contributed by atoms with E-state index in [0.717, 1.165) is 10.9 Å². The Morgan fingerprint density at radius 3 is 2.92 bits per heavy atom. The number of esters is 1. The van der Waals surface area contributed by atoms with Gasteiger partial charge in [-0.1, -0.05) is 0 Å². The molecule has 0 aliphatic carbocycles. The summed E-state index contributed by atoms with van der Waals surface area (Å²) in [4.78, 5) is 36.9. The lowest BCUT2D eigenvalue weighted by molar-refractivity contribution is -0.389. The second kappa shape index (κ2) is 6.56.